The fourth-order valence-electron chi connectivity index (χ4n) is 3.13. The highest BCUT2D eigenvalue weighted by Gasteiger charge is 2.30. The summed E-state index contributed by atoms with van der Waals surface area (Å²) in [6, 6.07) is 24.1. The molecule has 3 aromatic rings. The van der Waals surface area contributed by atoms with Gasteiger partial charge in [-0.2, -0.15) is 5.10 Å². The van der Waals surface area contributed by atoms with Crippen LogP contribution in [0.1, 0.15) is 23.6 Å². The van der Waals surface area contributed by atoms with Crippen molar-refractivity contribution in [2.24, 2.45) is 5.10 Å². The molecule has 0 radical (unpaired) electrons. The van der Waals surface area contributed by atoms with Crippen LogP contribution in [-0.4, -0.2) is 5.71 Å². The summed E-state index contributed by atoms with van der Waals surface area (Å²) in [6.45, 7) is 0. The minimum absolute atomic E-state index is 0.108. The molecule has 0 fully saturated rings. The van der Waals surface area contributed by atoms with Crippen molar-refractivity contribution < 1.29 is 0 Å². The Bertz CT molecular complexity index is 953. The first-order valence-electron chi connectivity index (χ1n) is 8.24. The van der Waals surface area contributed by atoms with Gasteiger partial charge in [0.2, 0.25) is 0 Å². The van der Waals surface area contributed by atoms with Crippen molar-refractivity contribution in [2.75, 3.05) is 5.01 Å². The van der Waals surface area contributed by atoms with Crippen LogP contribution in [0.3, 0.4) is 0 Å². The van der Waals surface area contributed by atoms with Crippen molar-refractivity contribution in [3.05, 3.63) is 98.4 Å². The van der Waals surface area contributed by atoms with Gasteiger partial charge in [0.25, 0.3) is 0 Å². The van der Waals surface area contributed by atoms with Gasteiger partial charge in [-0.1, -0.05) is 59.6 Å². The van der Waals surface area contributed by atoms with E-state index in [9.17, 15) is 0 Å². The van der Waals surface area contributed by atoms with Crippen molar-refractivity contribution in [3.8, 4) is 0 Å². The lowest BCUT2D eigenvalue weighted by Crippen LogP contribution is -2.18. The van der Waals surface area contributed by atoms with Crippen molar-refractivity contribution in [2.45, 2.75) is 12.5 Å². The number of rotatable bonds is 3. The van der Waals surface area contributed by atoms with Crippen LogP contribution >= 0.6 is 39.1 Å². The zero-order valence-electron chi connectivity index (χ0n) is 13.7. The van der Waals surface area contributed by atoms with Gasteiger partial charge in [-0.05, 0) is 63.5 Å². The molecule has 130 valence electrons. The molecule has 0 spiro atoms. The van der Waals surface area contributed by atoms with E-state index in [0.717, 1.165) is 37.9 Å². The predicted octanol–water partition coefficient (Wildman–Crippen LogP) is 7.11. The summed E-state index contributed by atoms with van der Waals surface area (Å²) < 4.78 is 1.01. The number of halogens is 3. The zero-order chi connectivity index (χ0) is 18.1. The van der Waals surface area contributed by atoms with Gasteiger partial charge in [0, 0.05) is 20.9 Å². The molecule has 0 amide bonds. The number of hydrazone groups is 1. The van der Waals surface area contributed by atoms with Gasteiger partial charge in [-0.3, -0.25) is 5.01 Å². The Morgan fingerprint density at radius 1 is 0.846 bits per heavy atom. The maximum atomic E-state index is 6.07. The van der Waals surface area contributed by atoms with E-state index >= 15 is 0 Å². The quantitative estimate of drug-likeness (QED) is 0.419. The van der Waals surface area contributed by atoms with Crippen molar-refractivity contribution in [3.63, 3.8) is 0 Å². The monoisotopic (exact) mass is 444 g/mol. The molecule has 1 aliphatic rings. The van der Waals surface area contributed by atoms with Crippen LogP contribution in [0.2, 0.25) is 10.0 Å². The fraction of sp³-hybridized carbons (Fsp3) is 0.0952. The third kappa shape index (κ3) is 3.52. The summed E-state index contributed by atoms with van der Waals surface area (Å²) in [5.41, 5.74) is 4.34. The van der Waals surface area contributed by atoms with E-state index in [-0.39, 0.29) is 6.04 Å². The van der Waals surface area contributed by atoms with E-state index in [1.54, 1.807) is 0 Å². The van der Waals surface area contributed by atoms with Gasteiger partial charge < -0.3 is 0 Å². The summed E-state index contributed by atoms with van der Waals surface area (Å²) in [6.07, 6.45) is 0.810. The average molecular weight is 446 g/mol. The largest absolute Gasteiger partial charge is 0.256 e. The predicted molar refractivity (Wildman–Crippen MR) is 113 cm³/mol. The maximum absolute atomic E-state index is 6.07. The van der Waals surface area contributed by atoms with Crippen molar-refractivity contribution >= 4 is 50.5 Å². The maximum Gasteiger partial charge on any atom is 0.0832 e. The second kappa shape index (κ2) is 7.43. The summed E-state index contributed by atoms with van der Waals surface area (Å²) in [4.78, 5) is 0. The van der Waals surface area contributed by atoms with Gasteiger partial charge in [-0.15, -0.1) is 0 Å². The Kier molecular flexibility index (Phi) is 5.03. The summed E-state index contributed by atoms with van der Waals surface area (Å²) in [5.74, 6) is 0. The number of nitrogens with zero attached hydrogens (tertiary/aromatic N) is 2. The van der Waals surface area contributed by atoms with Crippen molar-refractivity contribution in [1.29, 1.82) is 0 Å². The third-order valence-corrected chi connectivity index (χ3v) is 5.62. The van der Waals surface area contributed by atoms with E-state index in [1.165, 1.54) is 5.56 Å². The van der Waals surface area contributed by atoms with E-state index in [4.69, 9.17) is 28.3 Å². The van der Waals surface area contributed by atoms with Crippen LogP contribution in [0, 0.1) is 0 Å². The third-order valence-electron chi connectivity index (χ3n) is 4.44. The van der Waals surface area contributed by atoms with Crippen LogP contribution in [0.25, 0.3) is 0 Å². The number of hydrogen-bond acceptors (Lipinski definition) is 2. The lowest BCUT2D eigenvalue weighted by atomic mass is 9.98. The van der Waals surface area contributed by atoms with Crippen molar-refractivity contribution in [1.82, 2.24) is 0 Å². The second-order valence-electron chi connectivity index (χ2n) is 6.12. The fourth-order valence-corrected chi connectivity index (χ4v) is 3.85. The van der Waals surface area contributed by atoms with Gasteiger partial charge in [-0.25, -0.2) is 0 Å². The van der Waals surface area contributed by atoms with E-state index < -0.39 is 0 Å². The number of anilines is 1. The molecule has 0 aromatic heterocycles. The summed E-state index contributed by atoms with van der Waals surface area (Å²) in [7, 11) is 0. The smallest absolute Gasteiger partial charge is 0.0832 e. The number of para-hydroxylation sites is 1. The molecule has 3 aromatic carbocycles. The highest BCUT2D eigenvalue weighted by atomic mass is 79.9. The minimum atomic E-state index is 0.108. The average Bonchev–Trinajstić information content (AvgIpc) is 3.08. The Hall–Kier alpha value is -1.81. The molecule has 0 saturated carbocycles. The topological polar surface area (TPSA) is 15.6 Å². The van der Waals surface area contributed by atoms with Gasteiger partial charge in [0.15, 0.2) is 0 Å². The molecule has 26 heavy (non-hydrogen) atoms. The Balaban J connectivity index is 1.77. The van der Waals surface area contributed by atoms with Crippen LogP contribution < -0.4 is 5.01 Å². The molecule has 0 N–H and O–H groups in total. The van der Waals surface area contributed by atoms with Crippen LogP contribution in [0.15, 0.2) is 82.4 Å². The molecule has 4 rings (SSSR count). The lowest BCUT2D eigenvalue weighted by Gasteiger charge is -2.25. The molecule has 0 unspecified atom stereocenters. The molecule has 1 atom stereocenters. The highest BCUT2D eigenvalue weighted by molar-refractivity contribution is 9.10. The molecule has 0 bridgehead atoms. The molecule has 2 nitrogen and oxygen atoms in total. The molecule has 1 aliphatic heterocycles. The van der Waals surface area contributed by atoms with Crippen LogP contribution in [-0.2, 0) is 0 Å². The Morgan fingerprint density at radius 2 is 1.46 bits per heavy atom. The van der Waals surface area contributed by atoms with Gasteiger partial charge >= 0.3 is 0 Å². The normalized spacial score (nSPS) is 16.7. The van der Waals surface area contributed by atoms with E-state index in [2.05, 4.69) is 39.1 Å². The molecule has 1 heterocycles. The SMILES string of the molecule is Clc1ccc(C2=NN(c3ccccc3Br)[C@H](c3ccc(Cl)cc3)C2)cc1. The standard InChI is InChI=1S/C21H15BrCl2N2/c22-18-3-1-2-4-20(18)26-21(15-7-11-17(24)12-8-15)13-19(25-26)14-5-9-16(23)10-6-14/h1-12,21H,13H2/t21-/m0/s1. The Labute approximate surface area is 171 Å². The van der Waals surface area contributed by atoms with E-state index in [1.807, 2.05) is 54.6 Å². The molecule has 5 heteroatoms. The summed E-state index contributed by atoms with van der Waals surface area (Å²) in [5, 5.41) is 8.48. The molecule has 0 aliphatic carbocycles. The first kappa shape index (κ1) is 17.6. The lowest BCUT2D eigenvalue weighted by molar-refractivity contribution is 0.707. The van der Waals surface area contributed by atoms with E-state index in [0.29, 0.717) is 0 Å². The first-order chi connectivity index (χ1) is 12.6. The first-order valence-corrected chi connectivity index (χ1v) is 9.79. The van der Waals surface area contributed by atoms with Gasteiger partial charge in [0.1, 0.15) is 0 Å². The summed E-state index contributed by atoms with van der Waals surface area (Å²) >= 11 is 15.8. The minimum Gasteiger partial charge on any atom is -0.256 e. The number of hydrogen-bond donors (Lipinski definition) is 0. The molecular weight excluding hydrogens is 431 g/mol. The molecule has 0 saturated heterocycles. The number of benzene rings is 3. The van der Waals surface area contributed by atoms with Gasteiger partial charge in [0.05, 0.1) is 17.4 Å². The molecular formula is C21H15BrCl2N2. The second-order valence-corrected chi connectivity index (χ2v) is 7.85. The highest BCUT2D eigenvalue weighted by Crippen LogP contribution is 2.40. The van der Waals surface area contributed by atoms with Crippen LogP contribution in [0.5, 0.6) is 0 Å². The zero-order valence-corrected chi connectivity index (χ0v) is 16.8. The Morgan fingerprint density at radius 3 is 2.12 bits per heavy atom. The van der Waals surface area contributed by atoms with Crippen LogP contribution in [0.4, 0.5) is 5.69 Å².